The number of fused-ring (bicyclic) bond motifs is 8. The van der Waals surface area contributed by atoms with Crippen LogP contribution >= 0.6 is 0 Å². The third-order valence-electron chi connectivity index (χ3n) is 10.3. The lowest BCUT2D eigenvalue weighted by atomic mass is 9.43. The standard InChI is InChI=1S/C44H33BN2O/c1-44(2,3)34-26-28-14-4-5-15-29(28)27-40(34)47-36-21-9-6-16-30(36)32-18-12-23-38-42(32)45(47)35-20-8-10-22-37(35)46(38)39-24-13-19-33-31-17-7-11-25-41(31)48-43(33)39/h4-27H,1-3H3. The summed E-state index contributed by atoms with van der Waals surface area (Å²) < 4.78 is 6.65. The second kappa shape index (κ2) is 9.89. The summed E-state index contributed by atoms with van der Waals surface area (Å²) >= 11 is 0. The highest BCUT2D eigenvalue weighted by molar-refractivity contribution is 6.93. The molecule has 1 aromatic heterocycles. The van der Waals surface area contributed by atoms with Crippen LogP contribution in [-0.2, 0) is 5.41 Å². The van der Waals surface area contributed by atoms with E-state index in [4.69, 9.17) is 4.42 Å². The molecule has 0 N–H and O–H groups in total. The third kappa shape index (κ3) is 3.77. The lowest BCUT2D eigenvalue weighted by molar-refractivity contribution is 0.592. The van der Waals surface area contributed by atoms with Crippen LogP contribution in [-0.4, -0.2) is 6.85 Å². The van der Waals surface area contributed by atoms with E-state index in [1.807, 2.05) is 6.07 Å². The zero-order valence-corrected chi connectivity index (χ0v) is 27.2. The van der Waals surface area contributed by atoms with Crippen molar-refractivity contribution >= 4 is 78.9 Å². The number of nitrogens with zero attached hydrogens (tertiary/aromatic N) is 2. The summed E-state index contributed by atoms with van der Waals surface area (Å²) in [6.07, 6.45) is 0. The molecule has 0 aliphatic carbocycles. The highest BCUT2D eigenvalue weighted by atomic mass is 16.3. The highest BCUT2D eigenvalue weighted by Gasteiger charge is 2.45. The maximum Gasteiger partial charge on any atom is 0.333 e. The molecule has 0 spiro atoms. The van der Waals surface area contributed by atoms with E-state index in [0.717, 1.165) is 27.6 Å². The van der Waals surface area contributed by atoms with Crippen molar-refractivity contribution in [1.82, 2.24) is 0 Å². The molecule has 0 atom stereocenters. The average molecular weight is 617 g/mol. The lowest BCUT2D eigenvalue weighted by Gasteiger charge is -2.46. The minimum Gasteiger partial charge on any atom is -0.454 e. The fourth-order valence-corrected chi connectivity index (χ4v) is 8.26. The topological polar surface area (TPSA) is 19.6 Å². The number of para-hydroxylation sites is 4. The van der Waals surface area contributed by atoms with Gasteiger partial charge in [0.2, 0.25) is 0 Å². The van der Waals surface area contributed by atoms with Crippen molar-refractivity contribution in [2.45, 2.75) is 26.2 Å². The Morgan fingerprint density at radius 3 is 2.00 bits per heavy atom. The molecule has 3 nitrogen and oxygen atoms in total. The zero-order chi connectivity index (χ0) is 32.1. The van der Waals surface area contributed by atoms with Gasteiger partial charge < -0.3 is 14.1 Å². The van der Waals surface area contributed by atoms with Gasteiger partial charge in [0, 0.05) is 39.1 Å². The van der Waals surface area contributed by atoms with Crippen LogP contribution in [0.5, 0.6) is 0 Å². The van der Waals surface area contributed by atoms with E-state index >= 15 is 0 Å². The SMILES string of the molecule is CC(C)(C)c1cc2ccccc2cc1N1B2c3ccccc3N(c3cccc4c3oc3ccccc34)c3cccc(c32)-c2ccccc21. The molecule has 0 saturated heterocycles. The second-order valence-corrected chi connectivity index (χ2v) is 14.1. The van der Waals surface area contributed by atoms with E-state index in [9.17, 15) is 0 Å². The molecule has 0 unspecified atom stereocenters. The first kappa shape index (κ1) is 27.4. The van der Waals surface area contributed by atoms with E-state index in [0.29, 0.717) is 0 Å². The first-order valence-corrected chi connectivity index (χ1v) is 16.8. The van der Waals surface area contributed by atoms with Crippen molar-refractivity contribution in [2.24, 2.45) is 0 Å². The number of furan rings is 1. The molecule has 0 fully saturated rings. The van der Waals surface area contributed by atoms with Gasteiger partial charge >= 0.3 is 6.85 Å². The number of benzene rings is 7. The van der Waals surface area contributed by atoms with Crippen molar-refractivity contribution in [1.29, 1.82) is 0 Å². The predicted octanol–water partition coefficient (Wildman–Crippen LogP) is 10.7. The Hall–Kier alpha value is -5.74. The molecule has 48 heavy (non-hydrogen) atoms. The quantitative estimate of drug-likeness (QED) is 0.180. The van der Waals surface area contributed by atoms with Gasteiger partial charge in [-0.1, -0.05) is 124 Å². The molecule has 0 radical (unpaired) electrons. The zero-order valence-electron chi connectivity index (χ0n) is 27.2. The monoisotopic (exact) mass is 616 g/mol. The van der Waals surface area contributed by atoms with Crippen LogP contribution in [0.25, 0.3) is 43.8 Å². The summed E-state index contributed by atoms with van der Waals surface area (Å²) in [5.41, 5.74) is 14.1. The van der Waals surface area contributed by atoms with E-state index < -0.39 is 0 Å². The summed E-state index contributed by atoms with van der Waals surface area (Å²) in [4.78, 5) is 5.07. The fraction of sp³-hybridized carbons (Fsp3) is 0.0909. The summed E-state index contributed by atoms with van der Waals surface area (Å²) in [6, 6.07) is 53.2. The predicted molar refractivity (Wildman–Crippen MR) is 204 cm³/mol. The van der Waals surface area contributed by atoms with E-state index in [-0.39, 0.29) is 12.3 Å². The van der Waals surface area contributed by atoms with Gasteiger partial charge in [0.05, 0.1) is 5.69 Å². The number of hydrogen-bond donors (Lipinski definition) is 0. The molecule has 10 rings (SSSR count). The van der Waals surface area contributed by atoms with Crippen molar-refractivity contribution in [2.75, 3.05) is 9.71 Å². The van der Waals surface area contributed by atoms with Crippen LogP contribution < -0.4 is 20.6 Å². The normalized spacial score (nSPS) is 13.6. The Labute approximate surface area is 280 Å². The van der Waals surface area contributed by atoms with Crippen LogP contribution in [0.1, 0.15) is 26.3 Å². The molecule has 8 aromatic rings. The Morgan fingerprint density at radius 1 is 0.521 bits per heavy atom. The van der Waals surface area contributed by atoms with Gasteiger partial charge in [-0.15, -0.1) is 0 Å². The van der Waals surface area contributed by atoms with E-state index in [1.54, 1.807) is 0 Å². The number of rotatable bonds is 2. The van der Waals surface area contributed by atoms with Crippen LogP contribution in [0.2, 0.25) is 0 Å². The van der Waals surface area contributed by atoms with E-state index in [1.165, 1.54) is 61.1 Å². The average Bonchev–Trinajstić information content (AvgIpc) is 3.50. The molecule has 4 heteroatoms. The van der Waals surface area contributed by atoms with Gasteiger partial charge in [-0.25, -0.2) is 0 Å². The molecule has 2 aliphatic rings. The maximum absolute atomic E-state index is 6.65. The largest absolute Gasteiger partial charge is 0.454 e. The first-order valence-electron chi connectivity index (χ1n) is 16.8. The molecule has 0 saturated carbocycles. The molecular weight excluding hydrogens is 583 g/mol. The minimum absolute atomic E-state index is 0.0318. The highest BCUT2D eigenvalue weighted by Crippen LogP contribution is 2.49. The Morgan fingerprint density at radius 2 is 1.15 bits per heavy atom. The van der Waals surface area contributed by atoms with E-state index in [2.05, 4.69) is 170 Å². The van der Waals surface area contributed by atoms with Gasteiger partial charge in [-0.05, 0) is 80.7 Å². The molecule has 0 amide bonds. The van der Waals surface area contributed by atoms with Gasteiger partial charge in [-0.3, -0.25) is 0 Å². The number of anilines is 5. The molecule has 2 aliphatic heterocycles. The summed E-state index contributed by atoms with van der Waals surface area (Å²) in [5, 5.41) is 4.79. The van der Waals surface area contributed by atoms with Crippen LogP contribution in [0, 0.1) is 0 Å². The lowest BCUT2D eigenvalue weighted by Crippen LogP contribution is -2.61. The van der Waals surface area contributed by atoms with Gasteiger partial charge in [-0.2, -0.15) is 0 Å². The molecule has 0 bridgehead atoms. The van der Waals surface area contributed by atoms with Crippen molar-refractivity contribution in [3.8, 4) is 11.1 Å². The smallest absolute Gasteiger partial charge is 0.333 e. The minimum atomic E-state index is -0.0781. The third-order valence-corrected chi connectivity index (χ3v) is 10.3. The Kier molecular flexibility index (Phi) is 5.64. The van der Waals surface area contributed by atoms with Gasteiger partial charge in [0.25, 0.3) is 0 Å². The van der Waals surface area contributed by atoms with Crippen molar-refractivity contribution in [3.63, 3.8) is 0 Å². The number of hydrogen-bond acceptors (Lipinski definition) is 3. The molecular formula is C44H33BN2O. The first-order chi connectivity index (χ1) is 23.5. The van der Waals surface area contributed by atoms with Crippen molar-refractivity contribution in [3.05, 3.63) is 151 Å². The summed E-state index contributed by atoms with van der Waals surface area (Å²) in [6.45, 7) is 6.97. The van der Waals surface area contributed by atoms with Crippen LogP contribution in [0.3, 0.4) is 0 Å². The van der Waals surface area contributed by atoms with Gasteiger partial charge in [0.15, 0.2) is 5.58 Å². The fourth-order valence-electron chi connectivity index (χ4n) is 8.26. The van der Waals surface area contributed by atoms with Crippen LogP contribution in [0.4, 0.5) is 28.4 Å². The summed E-state index contributed by atoms with van der Waals surface area (Å²) in [7, 11) is 0. The molecule has 3 heterocycles. The summed E-state index contributed by atoms with van der Waals surface area (Å²) in [5.74, 6) is 0. The van der Waals surface area contributed by atoms with Crippen molar-refractivity contribution < 1.29 is 4.42 Å². The Bertz CT molecular complexity index is 2590. The molecule has 228 valence electrons. The molecule has 7 aromatic carbocycles. The second-order valence-electron chi connectivity index (χ2n) is 14.1. The Balaban J connectivity index is 1.31. The maximum atomic E-state index is 6.65. The van der Waals surface area contributed by atoms with Crippen LogP contribution in [0.15, 0.2) is 150 Å². The van der Waals surface area contributed by atoms with Gasteiger partial charge in [0.1, 0.15) is 5.58 Å².